The zero-order valence-electron chi connectivity index (χ0n) is 14.0. The van der Waals surface area contributed by atoms with Crippen LogP contribution in [0.2, 0.25) is 0 Å². The molecule has 21 heavy (non-hydrogen) atoms. The van der Waals surface area contributed by atoms with Gasteiger partial charge in [-0.3, -0.25) is 0 Å². The average molecular weight is 295 g/mol. The molecule has 5 heteroatoms. The minimum absolute atomic E-state index is 0.0108. The molecule has 0 aliphatic carbocycles. The van der Waals surface area contributed by atoms with Crippen molar-refractivity contribution in [3.05, 3.63) is 17.7 Å². The summed E-state index contributed by atoms with van der Waals surface area (Å²) in [7, 11) is 0. The van der Waals surface area contributed by atoms with Crippen molar-refractivity contribution >= 4 is 0 Å². The van der Waals surface area contributed by atoms with Crippen LogP contribution in [0, 0.1) is 0 Å². The molecule has 1 atom stereocenters. The van der Waals surface area contributed by atoms with E-state index in [1.807, 2.05) is 13.8 Å². The fourth-order valence-electron chi connectivity index (χ4n) is 1.84. The van der Waals surface area contributed by atoms with E-state index in [0.29, 0.717) is 25.7 Å². The van der Waals surface area contributed by atoms with Crippen molar-refractivity contribution in [1.82, 2.24) is 15.3 Å². The number of aromatic nitrogens is 2. The first-order chi connectivity index (χ1) is 10.1. The van der Waals surface area contributed by atoms with E-state index >= 15 is 0 Å². The summed E-state index contributed by atoms with van der Waals surface area (Å²) in [5.41, 5.74) is 0.922. The fourth-order valence-corrected chi connectivity index (χ4v) is 1.84. The predicted molar refractivity (Wildman–Crippen MR) is 84.7 cm³/mol. The van der Waals surface area contributed by atoms with E-state index in [1.54, 1.807) is 6.20 Å². The number of hydrogen-bond donors (Lipinski definition) is 1. The van der Waals surface area contributed by atoms with Gasteiger partial charge in [0.05, 0.1) is 18.5 Å². The highest BCUT2D eigenvalue weighted by atomic mass is 16.5. The van der Waals surface area contributed by atoms with Gasteiger partial charge in [-0.15, -0.1) is 0 Å². The predicted octanol–water partition coefficient (Wildman–Crippen LogP) is 2.90. The third kappa shape index (κ3) is 6.40. The molecule has 1 rings (SSSR count). The zero-order chi connectivity index (χ0) is 15.7. The summed E-state index contributed by atoms with van der Waals surface area (Å²) in [6.45, 7) is 13.2. The Morgan fingerprint density at radius 2 is 2.00 bits per heavy atom. The third-order valence-corrected chi connectivity index (χ3v) is 2.97. The molecule has 0 aliphatic heterocycles. The molecule has 0 bridgehead atoms. The minimum Gasteiger partial charge on any atom is -0.485 e. The highest BCUT2D eigenvalue weighted by Crippen LogP contribution is 2.19. The van der Waals surface area contributed by atoms with Gasteiger partial charge in [-0.1, -0.05) is 20.8 Å². The summed E-state index contributed by atoms with van der Waals surface area (Å²) in [5, 5.41) is 3.37. The molecule has 0 spiro atoms. The van der Waals surface area contributed by atoms with Crippen molar-refractivity contribution in [3.8, 4) is 5.75 Å². The van der Waals surface area contributed by atoms with Crippen LogP contribution in [0.5, 0.6) is 5.75 Å². The fraction of sp³-hybridized carbons (Fsp3) is 0.750. The van der Waals surface area contributed by atoms with Gasteiger partial charge in [-0.2, -0.15) is 0 Å². The molecule has 1 aromatic heterocycles. The van der Waals surface area contributed by atoms with Crippen molar-refractivity contribution in [2.24, 2.45) is 0 Å². The number of nitrogens with zero attached hydrogens (tertiary/aromatic N) is 2. The van der Waals surface area contributed by atoms with E-state index in [1.165, 1.54) is 0 Å². The molecule has 1 unspecified atom stereocenters. The third-order valence-electron chi connectivity index (χ3n) is 2.97. The Hall–Kier alpha value is -1.20. The van der Waals surface area contributed by atoms with E-state index in [-0.39, 0.29) is 6.10 Å². The molecule has 0 amide bonds. The molecule has 120 valence electrons. The monoisotopic (exact) mass is 295 g/mol. The maximum atomic E-state index is 5.92. The van der Waals surface area contributed by atoms with Gasteiger partial charge in [-0.05, 0) is 26.8 Å². The summed E-state index contributed by atoms with van der Waals surface area (Å²) >= 11 is 0. The normalized spacial score (nSPS) is 12.7. The topological polar surface area (TPSA) is 56.3 Å². The van der Waals surface area contributed by atoms with Gasteiger partial charge in [0, 0.05) is 19.1 Å². The van der Waals surface area contributed by atoms with E-state index in [2.05, 4.69) is 36.1 Å². The van der Waals surface area contributed by atoms with Crippen molar-refractivity contribution in [1.29, 1.82) is 0 Å². The van der Waals surface area contributed by atoms with E-state index in [0.717, 1.165) is 30.2 Å². The second kappa shape index (κ2) is 9.68. The van der Waals surface area contributed by atoms with Crippen LogP contribution in [0.1, 0.15) is 58.5 Å². The first-order valence-corrected chi connectivity index (χ1v) is 7.89. The molecule has 5 nitrogen and oxygen atoms in total. The van der Waals surface area contributed by atoms with Crippen LogP contribution in [-0.2, 0) is 11.3 Å². The molecule has 1 heterocycles. The van der Waals surface area contributed by atoms with Gasteiger partial charge in [0.2, 0.25) is 0 Å². The summed E-state index contributed by atoms with van der Waals surface area (Å²) in [5.74, 6) is 1.91. The molecule has 0 saturated heterocycles. The lowest BCUT2D eigenvalue weighted by atomic mass is 10.2. The maximum absolute atomic E-state index is 5.92. The lowest BCUT2D eigenvalue weighted by Crippen LogP contribution is -2.22. The van der Waals surface area contributed by atoms with Crippen LogP contribution < -0.4 is 10.1 Å². The Kier molecular flexibility index (Phi) is 8.23. The van der Waals surface area contributed by atoms with E-state index < -0.39 is 0 Å². The maximum Gasteiger partial charge on any atom is 0.160 e. The molecule has 0 saturated carbocycles. The quantitative estimate of drug-likeness (QED) is 0.673. The van der Waals surface area contributed by atoms with Crippen LogP contribution in [-0.4, -0.2) is 35.8 Å². The van der Waals surface area contributed by atoms with Crippen LogP contribution in [0.15, 0.2) is 6.20 Å². The van der Waals surface area contributed by atoms with Crippen molar-refractivity contribution in [2.75, 3.05) is 19.8 Å². The molecule has 0 aliphatic rings. The summed E-state index contributed by atoms with van der Waals surface area (Å²) < 4.78 is 11.3. The van der Waals surface area contributed by atoms with Crippen LogP contribution in [0.4, 0.5) is 0 Å². The van der Waals surface area contributed by atoms with Crippen LogP contribution in [0.3, 0.4) is 0 Å². The molecule has 1 aromatic rings. The van der Waals surface area contributed by atoms with Gasteiger partial charge in [0.1, 0.15) is 11.9 Å². The smallest absolute Gasteiger partial charge is 0.160 e. The van der Waals surface area contributed by atoms with Crippen LogP contribution >= 0.6 is 0 Å². The lowest BCUT2D eigenvalue weighted by Gasteiger charge is -2.18. The summed E-state index contributed by atoms with van der Waals surface area (Å²) in [4.78, 5) is 9.03. The van der Waals surface area contributed by atoms with Gasteiger partial charge >= 0.3 is 0 Å². The zero-order valence-corrected chi connectivity index (χ0v) is 14.0. The molecule has 0 radical (unpaired) electrons. The lowest BCUT2D eigenvalue weighted by molar-refractivity contribution is 0.0646. The second-order valence-electron chi connectivity index (χ2n) is 5.46. The van der Waals surface area contributed by atoms with Gasteiger partial charge in [0.25, 0.3) is 0 Å². The van der Waals surface area contributed by atoms with Crippen LogP contribution in [0.25, 0.3) is 0 Å². The largest absolute Gasteiger partial charge is 0.485 e. The average Bonchev–Trinajstić information content (AvgIpc) is 2.46. The van der Waals surface area contributed by atoms with E-state index in [4.69, 9.17) is 9.47 Å². The van der Waals surface area contributed by atoms with Crippen molar-refractivity contribution in [2.45, 2.75) is 59.6 Å². The Morgan fingerprint density at radius 3 is 2.62 bits per heavy atom. The molecular formula is C16H29N3O2. The SMILES string of the molecule is CCCNCc1nc(C(C)C)ncc1OC(C)COCC. The molecule has 0 fully saturated rings. The highest BCUT2D eigenvalue weighted by molar-refractivity contribution is 5.25. The first kappa shape index (κ1) is 17.9. The molecule has 1 N–H and O–H groups in total. The Bertz CT molecular complexity index is 411. The highest BCUT2D eigenvalue weighted by Gasteiger charge is 2.13. The summed E-state index contributed by atoms with van der Waals surface area (Å²) in [6.07, 6.45) is 2.87. The molecular weight excluding hydrogens is 266 g/mol. The van der Waals surface area contributed by atoms with Crippen molar-refractivity contribution < 1.29 is 9.47 Å². The minimum atomic E-state index is -0.0108. The Labute approximate surface area is 128 Å². The van der Waals surface area contributed by atoms with Gasteiger partial charge < -0.3 is 14.8 Å². The van der Waals surface area contributed by atoms with Gasteiger partial charge in [0.15, 0.2) is 5.75 Å². The number of rotatable bonds is 10. The van der Waals surface area contributed by atoms with E-state index in [9.17, 15) is 0 Å². The summed E-state index contributed by atoms with van der Waals surface area (Å²) in [6, 6.07) is 0. The number of nitrogens with one attached hydrogen (secondary N) is 1. The number of ether oxygens (including phenoxy) is 2. The Morgan fingerprint density at radius 1 is 1.24 bits per heavy atom. The second-order valence-corrected chi connectivity index (χ2v) is 5.46. The Balaban J connectivity index is 2.79. The molecule has 0 aromatic carbocycles. The number of hydrogen-bond acceptors (Lipinski definition) is 5. The first-order valence-electron chi connectivity index (χ1n) is 7.89. The van der Waals surface area contributed by atoms with Crippen molar-refractivity contribution in [3.63, 3.8) is 0 Å². The van der Waals surface area contributed by atoms with Gasteiger partial charge in [-0.25, -0.2) is 9.97 Å². The standard InChI is InChI=1S/C16H29N3O2/c1-6-8-17-9-14-15(21-13(5)11-20-7-2)10-18-16(19-14)12(3)4/h10,12-13,17H,6-9,11H2,1-5H3.